The second kappa shape index (κ2) is 8.76. The molecule has 0 aliphatic heterocycles. The van der Waals surface area contributed by atoms with Gasteiger partial charge >= 0.3 is 0 Å². The van der Waals surface area contributed by atoms with Crippen molar-refractivity contribution in [2.24, 2.45) is 7.05 Å². The molecule has 3 aromatic heterocycles. The van der Waals surface area contributed by atoms with Crippen LogP contribution in [0, 0.1) is 25.2 Å². The molecular weight excluding hydrogens is 416 g/mol. The average Bonchev–Trinajstić information content (AvgIpc) is 3.30. The summed E-state index contributed by atoms with van der Waals surface area (Å²) in [5.74, 6) is 0.981. The van der Waals surface area contributed by atoms with Gasteiger partial charge in [-0.2, -0.15) is 15.5 Å². The molecule has 4 rings (SSSR count). The van der Waals surface area contributed by atoms with Crippen molar-refractivity contribution in [3.05, 3.63) is 65.1 Å². The molecule has 0 amide bonds. The van der Waals surface area contributed by atoms with Crippen LogP contribution in [0.15, 0.2) is 42.6 Å². The number of H-pyrrole nitrogens is 1. The topological polar surface area (TPSA) is 123 Å². The number of fused-ring (bicyclic) bond motifs is 1. The largest absolute Gasteiger partial charge is 0.385 e. The van der Waals surface area contributed by atoms with Gasteiger partial charge in [0.05, 0.1) is 23.4 Å². The van der Waals surface area contributed by atoms with Gasteiger partial charge in [-0.15, -0.1) is 0 Å². The van der Waals surface area contributed by atoms with Crippen molar-refractivity contribution in [2.75, 3.05) is 12.8 Å². The number of aromatic nitrogens is 6. The number of anilines is 1. The molecule has 0 saturated carbocycles. The molecule has 0 spiro atoms. The number of nitriles is 1. The lowest BCUT2D eigenvalue weighted by molar-refractivity contribution is 0.118. The lowest BCUT2D eigenvalue weighted by atomic mass is 10.1. The highest BCUT2D eigenvalue weighted by Crippen LogP contribution is 2.27. The van der Waals surface area contributed by atoms with E-state index in [2.05, 4.69) is 26.2 Å². The normalized spacial score (nSPS) is 11.9. The maximum atomic E-state index is 9.09. The summed E-state index contributed by atoms with van der Waals surface area (Å²) in [6.45, 7) is 5.94. The van der Waals surface area contributed by atoms with Crippen LogP contribution in [-0.2, 0) is 11.8 Å². The summed E-state index contributed by atoms with van der Waals surface area (Å²) in [5.41, 5.74) is 12.2. The Morgan fingerprint density at radius 2 is 1.88 bits per heavy atom. The second-order valence-corrected chi connectivity index (χ2v) is 7.83. The third-order valence-corrected chi connectivity index (χ3v) is 5.69. The number of rotatable bonds is 4. The Balaban J connectivity index is 1.91. The lowest BCUT2D eigenvalue weighted by Gasteiger charge is -2.10. The Labute approximate surface area is 191 Å². The Morgan fingerprint density at radius 1 is 1.15 bits per heavy atom. The molecule has 0 radical (unpaired) electrons. The van der Waals surface area contributed by atoms with Gasteiger partial charge in [-0.05, 0) is 39.0 Å². The van der Waals surface area contributed by atoms with Crippen LogP contribution in [-0.4, -0.2) is 36.6 Å². The summed E-state index contributed by atoms with van der Waals surface area (Å²) < 4.78 is 9.02. The first-order valence-corrected chi connectivity index (χ1v) is 10.5. The van der Waals surface area contributed by atoms with Crippen LogP contribution in [0.5, 0.6) is 0 Å². The zero-order valence-corrected chi connectivity index (χ0v) is 19.3. The maximum Gasteiger partial charge on any atom is 0.157 e. The molecule has 1 unspecified atom stereocenters. The summed E-state index contributed by atoms with van der Waals surface area (Å²) in [7, 11) is 3.53. The van der Waals surface area contributed by atoms with Crippen molar-refractivity contribution in [3.63, 3.8) is 0 Å². The van der Waals surface area contributed by atoms with Crippen molar-refractivity contribution >= 4 is 16.9 Å². The number of hydrogen-bond donors (Lipinski definition) is 2. The van der Waals surface area contributed by atoms with E-state index in [1.807, 2.05) is 46.0 Å². The van der Waals surface area contributed by atoms with E-state index in [9.17, 15) is 0 Å². The van der Waals surface area contributed by atoms with E-state index in [1.54, 1.807) is 40.9 Å². The van der Waals surface area contributed by atoms with Crippen molar-refractivity contribution in [2.45, 2.75) is 26.9 Å². The monoisotopic (exact) mass is 442 g/mol. The van der Waals surface area contributed by atoms with E-state index < -0.39 is 0 Å². The number of hydrogen-bond acceptors (Lipinski definition) is 6. The number of nitrogens with zero attached hydrogens (tertiary/aromatic N) is 6. The van der Waals surface area contributed by atoms with Gasteiger partial charge < -0.3 is 15.5 Å². The summed E-state index contributed by atoms with van der Waals surface area (Å²) in [4.78, 5) is 7.90. The predicted octanol–water partition coefficient (Wildman–Crippen LogP) is 4.05. The summed E-state index contributed by atoms with van der Waals surface area (Å²) in [6.07, 6.45) is 1.63. The molecule has 33 heavy (non-hydrogen) atoms. The molecule has 0 aliphatic rings. The molecule has 0 saturated heterocycles. The molecule has 0 aliphatic carbocycles. The molecule has 1 aromatic carbocycles. The fraction of sp³-hybridized carbons (Fsp3) is 0.250. The summed E-state index contributed by atoms with van der Waals surface area (Å²) in [6, 6.07) is 13.1. The number of methoxy groups -OCH3 is 1. The number of nitrogens with two attached hydrogens (primary N) is 1. The number of nitrogens with one attached hydrogen (secondary N) is 1. The fourth-order valence-corrected chi connectivity index (χ4v) is 4.00. The van der Waals surface area contributed by atoms with Gasteiger partial charge in [-0.1, -0.05) is 12.1 Å². The highest BCUT2D eigenvalue weighted by molar-refractivity contribution is 5.91. The minimum absolute atomic E-state index is 0.0870. The van der Waals surface area contributed by atoms with Crippen molar-refractivity contribution in [3.8, 4) is 23.1 Å². The van der Waals surface area contributed by atoms with Crippen LogP contribution in [0.1, 0.15) is 35.5 Å². The van der Waals surface area contributed by atoms with E-state index in [1.165, 1.54) is 0 Å². The SMILES string of the molecule is COC(C)c1c(C)nn(-c2cc(N)[nH]c3c(ccn2)c(-c2ccc(C#N)cc2)nn3C)c1C. The van der Waals surface area contributed by atoms with Crippen LogP contribution >= 0.6 is 0 Å². The molecule has 1 atom stereocenters. The van der Waals surface area contributed by atoms with Gasteiger partial charge in [0, 0.05) is 48.6 Å². The first-order valence-electron chi connectivity index (χ1n) is 10.5. The van der Waals surface area contributed by atoms with Crippen LogP contribution in [0.4, 0.5) is 5.82 Å². The zero-order chi connectivity index (χ0) is 23.7. The molecule has 9 nitrogen and oxygen atoms in total. The Kier molecular flexibility index (Phi) is 5.85. The minimum Gasteiger partial charge on any atom is -0.385 e. The van der Waals surface area contributed by atoms with Gasteiger partial charge in [0.15, 0.2) is 5.82 Å². The van der Waals surface area contributed by atoms with Gasteiger partial charge in [-0.25, -0.2) is 9.67 Å². The predicted molar refractivity (Wildman–Crippen MR) is 127 cm³/mol. The quantitative estimate of drug-likeness (QED) is 0.491. The first-order chi connectivity index (χ1) is 15.8. The van der Waals surface area contributed by atoms with E-state index >= 15 is 0 Å². The van der Waals surface area contributed by atoms with E-state index in [0.29, 0.717) is 17.2 Å². The highest BCUT2D eigenvalue weighted by atomic mass is 16.5. The maximum absolute atomic E-state index is 9.09. The van der Waals surface area contributed by atoms with Crippen molar-refractivity contribution in [1.29, 1.82) is 5.26 Å². The fourth-order valence-electron chi connectivity index (χ4n) is 4.00. The van der Waals surface area contributed by atoms with Gasteiger partial charge in [0.2, 0.25) is 0 Å². The van der Waals surface area contributed by atoms with Crippen LogP contribution < -0.4 is 5.73 Å². The van der Waals surface area contributed by atoms with E-state index in [4.69, 9.17) is 15.7 Å². The Morgan fingerprint density at radius 3 is 2.55 bits per heavy atom. The number of aryl methyl sites for hydroxylation is 2. The molecule has 0 fully saturated rings. The molecule has 4 aromatic rings. The lowest BCUT2D eigenvalue weighted by Crippen LogP contribution is -2.03. The highest BCUT2D eigenvalue weighted by Gasteiger charge is 2.18. The van der Waals surface area contributed by atoms with Crippen molar-refractivity contribution in [1.82, 2.24) is 29.5 Å². The smallest absolute Gasteiger partial charge is 0.157 e. The number of nitrogen functional groups attached to an aromatic ring is 1. The molecule has 9 heteroatoms. The third-order valence-electron chi connectivity index (χ3n) is 5.69. The minimum atomic E-state index is -0.0870. The molecule has 168 valence electrons. The third kappa shape index (κ3) is 4.04. The molecule has 0 bridgehead atoms. The van der Waals surface area contributed by atoms with Gasteiger partial charge in [0.1, 0.15) is 17.2 Å². The molecule has 3 heterocycles. The van der Waals surface area contributed by atoms with Crippen LogP contribution in [0.3, 0.4) is 0 Å². The van der Waals surface area contributed by atoms with Gasteiger partial charge in [0.25, 0.3) is 0 Å². The average molecular weight is 443 g/mol. The Hall–Kier alpha value is -4.16. The standard InChI is InChI=1S/C24H26N8O/c1-14-22(16(3)33-5)15(2)32(29-14)21-12-20(26)28-24-19(10-11-27-21)23(30-31(24)4)18-8-6-17(13-25)7-9-18/h6-12,16,28H,26H2,1-5H3. The summed E-state index contributed by atoms with van der Waals surface area (Å²) in [5, 5.41) is 19.3. The second-order valence-electron chi connectivity index (χ2n) is 7.83. The zero-order valence-electron chi connectivity index (χ0n) is 19.3. The first kappa shape index (κ1) is 22.0. The van der Waals surface area contributed by atoms with Crippen molar-refractivity contribution < 1.29 is 4.74 Å². The molecular formula is C24H26N8O. The number of ether oxygens (including phenoxy) is 1. The van der Waals surface area contributed by atoms with E-state index in [-0.39, 0.29) is 6.10 Å². The summed E-state index contributed by atoms with van der Waals surface area (Å²) >= 11 is 0. The van der Waals surface area contributed by atoms with Crippen LogP contribution in [0.2, 0.25) is 0 Å². The van der Waals surface area contributed by atoms with Crippen LogP contribution in [0.25, 0.3) is 28.1 Å². The van der Waals surface area contributed by atoms with Gasteiger partial charge in [-0.3, -0.25) is 4.68 Å². The number of aromatic amines is 1. The number of benzene rings is 1. The Bertz CT molecular complexity index is 1420. The molecule has 3 N–H and O–H groups in total. The van der Waals surface area contributed by atoms with E-state index in [0.717, 1.165) is 39.2 Å².